The normalized spacial score (nSPS) is 12.0. The number of hydrogen-bond acceptors (Lipinski definition) is 1. The van der Waals surface area contributed by atoms with Crippen LogP contribution in [0.3, 0.4) is 0 Å². The first-order valence-corrected chi connectivity index (χ1v) is 6.06. The van der Waals surface area contributed by atoms with Crippen LogP contribution in [0.25, 0.3) is 11.0 Å². The summed E-state index contributed by atoms with van der Waals surface area (Å²) in [6.07, 6.45) is 1.67. The lowest BCUT2D eigenvalue weighted by molar-refractivity contribution is 0.599. The van der Waals surface area contributed by atoms with Crippen molar-refractivity contribution in [1.29, 1.82) is 0 Å². The van der Waals surface area contributed by atoms with Crippen molar-refractivity contribution < 1.29 is 4.39 Å². The summed E-state index contributed by atoms with van der Waals surface area (Å²) in [5.41, 5.74) is 3.26. The Kier molecular flexibility index (Phi) is 2.94. The minimum Gasteiger partial charge on any atom is -0.334 e. The predicted octanol–water partition coefficient (Wildman–Crippen LogP) is 3.96. The van der Waals surface area contributed by atoms with Crippen LogP contribution in [0.15, 0.2) is 12.4 Å². The zero-order valence-electron chi connectivity index (χ0n) is 11.1. The molecule has 0 fully saturated rings. The summed E-state index contributed by atoms with van der Waals surface area (Å²) in [4.78, 5) is 4.15. The van der Waals surface area contributed by atoms with Crippen molar-refractivity contribution in [2.45, 2.75) is 39.5 Å². The van der Waals surface area contributed by atoms with Gasteiger partial charge >= 0.3 is 0 Å². The van der Waals surface area contributed by atoms with E-state index in [1.807, 2.05) is 25.5 Å². The van der Waals surface area contributed by atoms with E-state index >= 15 is 0 Å². The summed E-state index contributed by atoms with van der Waals surface area (Å²) < 4.78 is 16.3. The molecular weight excluding hydrogens is 215 g/mol. The van der Waals surface area contributed by atoms with E-state index in [1.54, 1.807) is 6.33 Å². The molecule has 0 saturated heterocycles. The predicted molar refractivity (Wildman–Crippen MR) is 68.9 cm³/mol. The third-order valence-electron chi connectivity index (χ3n) is 3.23. The van der Waals surface area contributed by atoms with Crippen LogP contribution >= 0.6 is 0 Å². The van der Waals surface area contributed by atoms with Crippen LogP contribution in [0.4, 0.5) is 4.39 Å². The second-order valence-corrected chi connectivity index (χ2v) is 5.23. The van der Waals surface area contributed by atoms with Gasteiger partial charge in [0.15, 0.2) is 5.82 Å². The number of rotatable bonds is 2. The molecule has 0 radical (unpaired) electrons. The van der Waals surface area contributed by atoms with E-state index < -0.39 is 0 Å². The Hall–Kier alpha value is -1.38. The Bertz CT molecular complexity index is 553. The molecule has 3 heteroatoms. The van der Waals surface area contributed by atoms with Crippen molar-refractivity contribution in [2.75, 3.05) is 0 Å². The van der Waals surface area contributed by atoms with Gasteiger partial charge < -0.3 is 4.57 Å². The van der Waals surface area contributed by atoms with Gasteiger partial charge in [0.2, 0.25) is 0 Å². The molecular formula is C14H19FN2. The second kappa shape index (κ2) is 4.13. The monoisotopic (exact) mass is 234 g/mol. The zero-order chi connectivity index (χ0) is 12.7. The maximum atomic E-state index is 14.5. The largest absolute Gasteiger partial charge is 0.334 e. The first-order valence-electron chi connectivity index (χ1n) is 6.06. The number of benzene rings is 1. The van der Waals surface area contributed by atoms with Crippen molar-refractivity contribution in [1.82, 2.24) is 9.55 Å². The molecule has 0 saturated carbocycles. The SMILES string of the molecule is CC(C)c1cc2c(ncn2C)c(F)c1C(C)C. The van der Waals surface area contributed by atoms with E-state index in [-0.39, 0.29) is 11.7 Å². The fourth-order valence-electron chi connectivity index (χ4n) is 2.32. The summed E-state index contributed by atoms with van der Waals surface area (Å²) in [6.45, 7) is 8.25. The molecule has 0 aliphatic heterocycles. The van der Waals surface area contributed by atoms with Crippen molar-refractivity contribution in [2.24, 2.45) is 7.05 Å². The molecule has 17 heavy (non-hydrogen) atoms. The van der Waals surface area contributed by atoms with Crippen molar-refractivity contribution in [3.8, 4) is 0 Å². The summed E-state index contributed by atoms with van der Waals surface area (Å²) in [5, 5.41) is 0. The number of halogens is 1. The maximum absolute atomic E-state index is 14.5. The smallest absolute Gasteiger partial charge is 0.154 e. The molecule has 2 aromatic rings. The lowest BCUT2D eigenvalue weighted by Crippen LogP contribution is -2.04. The molecule has 2 rings (SSSR count). The van der Waals surface area contributed by atoms with Crippen molar-refractivity contribution >= 4 is 11.0 Å². The van der Waals surface area contributed by atoms with Gasteiger partial charge in [0.1, 0.15) is 5.52 Å². The fourth-order valence-corrected chi connectivity index (χ4v) is 2.32. The van der Waals surface area contributed by atoms with E-state index in [0.717, 1.165) is 16.6 Å². The van der Waals surface area contributed by atoms with Gasteiger partial charge in [-0.05, 0) is 29.0 Å². The van der Waals surface area contributed by atoms with Gasteiger partial charge in [0, 0.05) is 7.05 Å². The summed E-state index contributed by atoms with van der Waals surface area (Å²) in [5.74, 6) is 0.349. The number of nitrogens with zero attached hydrogens (tertiary/aromatic N) is 2. The van der Waals surface area contributed by atoms with E-state index in [1.165, 1.54) is 0 Å². The summed E-state index contributed by atoms with van der Waals surface area (Å²) in [7, 11) is 1.90. The highest BCUT2D eigenvalue weighted by Gasteiger charge is 2.20. The van der Waals surface area contributed by atoms with Gasteiger partial charge in [-0.15, -0.1) is 0 Å². The highest BCUT2D eigenvalue weighted by atomic mass is 19.1. The topological polar surface area (TPSA) is 17.8 Å². The third-order valence-corrected chi connectivity index (χ3v) is 3.23. The van der Waals surface area contributed by atoms with Crippen LogP contribution in [0, 0.1) is 5.82 Å². The van der Waals surface area contributed by atoms with Crippen molar-refractivity contribution in [3.63, 3.8) is 0 Å². The number of aryl methyl sites for hydroxylation is 1. The van der Waals surface area contributed by atoms with Crippen molar-refractivity contribution in [3.05, 3.63) is 29.3 Å². The second-order valence-electron chi connectivity index (χ2n) is 5.23. The van der Waals surface area contributed by atoms with Gasteiger partial charge in [0.25, 0.3) is 0 Å². The van der Waals surface area contributed by atoms with Gasteiger partial charge in [-0.1, -0.05) is 27.7 Å². The molecule has 1 aromatic heterocycles. The number of imidazole rings is 1. The molecule has 0 atom stereocenters. The zero-order valence-corrected chi connectivity index (χ0v) is 11.1. The minimum atomic E-state index is -0.151. The van der Waals surface area contributed by atoms with E-state index in [0.29, 0.717) is 11.4 Å². The lowest BCUT2D eigenvalue weighted by Gasteiger charge is -2.17. The Labute approximate surface area is 101 Å². The van der Waals surface area contributed by atoms with Crippen LogP contribution in [-0.4, -0.2) is 9.55 Å². The summed E-state index contributed by atoms with van der Waals surface area (Å²) >= 11 is 0. The number of aromatic nitrogens is 2. The molecule has 0 aliphatic carbocycles. The molecule has 2 nitrogen and oxygen atoms in total. The Balaban J connectivity index is 2.85. The van der Waals surface area contributed by atoms with E-state index in [9.17, 15) is 4.39 Å². The quantitative estimate of drug-likeness (QED) is 0.769. The first-order chi connectivity index (χ1) is 7.93. The Morgan fingerprint density at radius 3 is 2.35 bits per heavy atom. The molecule has 0 unspecified atom stereocenters. The molecule has 0 spiro atoms. The van der Waals surface area contributed by atoms with Crippen LogP contribution < -0.4 is 0 Å². The fraction of sp³-hybridized carbons (Fsp3) is 0.500. The first kappa shape index (κ1) is 12.1. The van der Waals surface area contributed by atoms with E-state index in [4.69, 9.17) is 0 Å². The molecule has 0 aliphatic rings. The Morgan fingerprint density at radius 1 is 1.18 bits per heavy atom. The molecule has 0 amide bonds. The van der Waals surface area contributed by atoms with Crippen LogP contribution in [0.1, 0.15) is 50.7 Å². The van der Waals surface area contributed by atoms with Crippen LogP contribution in [0.5, 0.6) is 0 Å². The highest BCUT2D eigenvalue weighted by molar-refractivity contribution is 5.78. The molecule has 1 aromatic carbocycles. The van der Waals surface area contributed by atoms with Crippen LogP contribution in [0.2, 0.25) is 0 Å². The number of hydrogen-bond donors (Lipinski definition) is 0. The summed E-state index contributed by atoms with van der Waals surface area (Å²) in [6, 6.07) is 2.07. The third kappa shape index (κ3) is 1.84. The molecule has 0 N–H and O–H groups in total. The molecule has 1 heterocycles. The van der Waals surface area contributed by atoms with Gasteiger partial charge in [-0.3, -0.25) is 0 Å². The average molecular weight is 234 g/mol. The minimum absolute atomic E-state index is 0.151. The van der Waals surface area contributed by atoms with Gasteiger partial charge in [0.05, 0.1) is 11.8 Å². The van der Waals surface area contributed by atoms with E-state index in [2.05, 4.69) is 24.9 Å². The maximum Gasteiger partial charge on any atom is 0.154 e. The van der Waals surface area contributed by atoms with Gasteiger partial charge in [-0.2, -0.15) is 0 Å². The standard InChI is InChI=1S/C14H19FN2/c1-8(2)10-6-11-14(16-7-17(11)5)13(15)12(10)9(3)4/h6-9H,1-5H3. The van der Waals surface area contributed by atoms with Gasteiger partial charge in [-0.25, -0.2) is 9.37 Å². The molecule has 92 valence electrons. The average Bonchev–Trinajstić information content (AvgIpc) is 2.60. The van der Waals surface area contributed by atoms with Crippen LogP contribution in [-0.2, 0) is 7.05 Å². The molecule has 0 bridgehead atoms. The highest BCUT2D eigenvalue weighted by Crippen LogP contribution is 2.33. The lowest BCUT2D eigenvalue weighted by atomic mass is 9.89. The number of fused-ring (bicyclic) bond motifs is 1. The Morgan fingerprint density at radius 2 is 1.82 bits per heavy atom.